The summed E-state index contributed by atoms with van der Waals surface area (Å²) in [5.74, 6) is 1.49. The van der Waals surface area contributed by atoms with E-state index in [0.717, 1.165) is 24.7 Å². The van der Waals surface area contributed by atoms with Crippen LogP contribution < -0.4 is 5.32 Å². The van der Waals surface area contributed by atoms with Crippen LogP contribution >= 0.6 is 0 Å². The lowest BCUT2D eigenvalue weighted by Gasteiger charge is -2.47. The van der Waals surface area contributed by atoms with Crippen molar-refractivity contribution in [2.24, 2.45) is 11.8 Å². The molecule has 2 fully saturated rings. The Morgan fingerprint density at radius 3 is 2.31 bits per heavy atom. The fourth-order valence-corrected chi connectivity index (χ4v) is 3.19. The second-order valence-corrected chi connectivity index (χ2v) is 6.09. The van der Waals surface area contributed by atoms with E-state index in [9.17, 15) is 5.26 Å². The van der Waals surface area contributed by atoms with Crippen molar-refractivity contribution in [1.29, 1.82) is 5.26 Å². The van der Waals surface area contributed by atoms with Crippen molar-refractivity contribution in [2.45, 2.75) is 70.4 Å². The van der Waals surface area contributed by atoms with Gasteiger partial charge in [0.05, 0.1) is 6.07 Å². The van der Waals surface area contributed by atoms with Gasteiger partial charge in [0.2, 0.25) is 0 Å². The molecule has 2 rings (SSSR count). The van der Waals surface area contributed by atoms with Crippen LogP contribution in [0.1, 0.15) is 58.8 Å². The van der Waals surface area contributed by atoms with Gasteiger partial charge in [0.25, 0.3) is 0 Å². The number of nitriles is 1. The quantitative estimate of drug-likeness (QED) is 0.792. The zero-order valence-electron chi connectivity index (χ0n) is 10.6. The van der Waals surface area contributed by atoms with Crippen molar-refractivity contribution in [3.05, 3.63) is 0 Å². The Balaban J connectivity index is 1.85. The van der Waals surface area contributed by atoms with E-state index in [1.807, 2.05) is 0 Å². The van der Waals surface area contributed by atoms with Gasteiger partial charge in [-0.15, -0.1) is 0 Å². The summed E-state index contributed by atoms with van der Waals surface area (Å²) in [5, 5.41) is 13.0. The second-order valence-electron chi connectivity index (χ2n) is 6.09. The maximum atomic E-state index is 9.35. The lowest BCUT2D eigenvalue weighted by atomic mass is 9.64. The van der Waals surface area contributed by atoms with Crippen molar-refractivity contribution >= 4 is 0 Å². The zero-order chi connectivity index (χ0) is 11.6. The van der Waals surface area contributed by atoms with Gasteiger partial charge in [0, 0.05) is 6.04 Å². The van der Waals surface area contributed by atoms with Crippen LogP contribution in [-0.4, -0.2) is 11.6 Å². The van der Waals surface area contributed by atoms with Crippen LogP contribution in [-0.2, 0) is 0 Å². The molecule has 0 bridgehead atoms. The first-order valence-corrected chi connectivity index (χ1v) is 6.84. The summed E-state index contributed by atoms with van der Waals surface area (Å²) < 4.78 is 0. The molecule has 0 aromatic carbocycles. The topological polar surface area (TPSA) is 35.8 Å². The van der Waals surface area contributed by atoms with E-state index in [0.29, 0.717) is 6.04 Å². The van der Waals surface area contributed by atoms with E-state index < -0.39 is 0 Å². The van der Waals surface area contributed by atoms with E-state index in [4.69, 9.17) is 0 Å². The lowest BCUT2D eigenvalue weighted by Crippen LogP contribution is -2.58. The monoisotopic (exact) mass is 220 g/mol. The minimum Gasteiger partial charge on any atom is -0.297 e. The molecular formula is C14H24N2. The summed E-state index contributed by atoms with van der Waals surface area (Å²) in [5.41, 5.74) is -0.170. The van der Waals surface area contributed by atoms with E-state index in [-0.39, 0.29) is 5.54 Å². The van der Waals surface area contributed by atoms with Crippen molar-refractivity contribution in [1.82, 2.24) is 5.32 Å². The summed E-state index contributed by atoms with van der Waals surface area (Å²) in [6.07, 6.45) is 8.74. The van der Waals surface area contributed by atoms with E-state index in [1.54, 1.807) is 0 Å². The molecule has 0 aromatic heterocycles. The Morgan fingerprint density at radius 2 is 1.81 bits per heavy atom. The molecule has 0 saturated heterocycles. The molecular weight excluding hydrogens is 196 g/mol. The highest BCUT2D eigenvalue weighted by Gasteiger charge is 2.46. The lowest BCUT2D eigenvalue weighted by molar-refractivity contribution is 0.0971. The van der Waals surface area contributed by atoms with Gasteiger partial charge in [0.15, 0.2) is 0 Å². The Kier molecular flexibility index (Phi) is 3.54. The van der Waals surface area contributed by atoms with Crippen LogP contribution in [0, 0.1) is 23.2 Å². The summed E-state index contributed by atoms with van der Waals surface area (Å²) in [6.45, 7) is 4.54. The molecule has 2 aliphatic carbocycles. The Hall–Kier alpha value is -0.550. The van der Waals surface area contributed by atoms with Crippen LogP contribution in [0.25, 0.3) is 0 Å². The summed E-state index contributed by atoms with van der Waals surface area (Å²) in [4.78, 5) is 0. The molecule has 0 aliphatic heterocycles. The molecule has 0 unspecified atom stereocenters. The van der Waals surface area contributed by atoms with Crippen molar-refractivity contribution in [3.63, 3.8) is 0 Å². The number of rotatable bonds is 3. The minimum atomic E-state index is -0.170. The normalized spacial score (nSPS) is 35.8. The minimum absolute atomic E-state index is 0.170. The predicted molar refractivity (Wildman–Crippen MR) is 65.9 cm³/mol. The molecule has 0 heterocycles. The van der Waals surface area contributed by atoms with E-state index in [2.05, 4.69) is 25.2 Å². The number of hydrogen-bond acceptors (Lipinski definition) is 2. The Bertz CT molecular complexity index is 265. The van der Waals surface area contributed by atoms with Gasteiger partial charge in [-0.1, -0.05) is 33.1 Å². The van der Waals surface area contributed by atoms with Crippen LogP contribution in [0.5, 0.6) is 0 Å². The molecule has 0 spiro atoms. The van der Waals surface area contributed by atoms with Gasteiger partial charge in [-0.3, -0.25) is 5.32 Å². The molecule has 0 aromatic rings. The maximum Gasteiger partial charge on any atom is 0.107 e. The van der Waals surface area contributed by atoms with Gasteiger partial charge in [-0.25, -0.2) is 0 Å². The highest BCUT2D eigenvalue weighted by molar-refractivity contribution is 5.16. The Labute approximate surface area is 99.4 Å². The number of hydrogen-bond donors (Lipinski definition) is 1. The molecule has 2 saturated carbocycles. The predicted octanol–water partition coefficient (Wildman–Crippen LogP) is 3.24. The van der Waals surface area contributed by atoms with Gasteiger partial charge in [0.1, 0.15) is 5.54 Å². The Morgan fingerprint density at radius 1 is 1.19 bits per heavy atom. The molecule has 2 aliphatic rings. The average molecular weight is 220 g/mol. The highest BCUT2D eigenvalue weighted by atomic mass is 15.0. The maximum absolute atomic E-state index is 9.35. The molecule has 90 valence electrons. The molecule has 0 radical (unpaired) electrons. The van der Waals surface area contributed by atoms with E-state index in [1.165, 1.54) is 32.1 Å². The number of nitrogens with zero attached hydrogens (tertiary/aromatic N) is 1. The average Bonchev–Trinajstić information content (AvgIpc) is 2.24. The van der Waals surface area contributed by atoms with Crippen molar-refractivity contribution < 1.29 is 0 Å². The first kappa shape index (κ1) is 11.9. The van der Waals surface area contributed by atoms with Crippen LogP contribution in [0.3, 0.4) is 0 Å². The fourth-order valence-electron chi connectivity index (χ4n) is 3.19. The first-order valence-electron chi connectivity index (χ1n) is 6.84. The first-order chi connectivity index (χ1) is 7.65. The molecule has 16 heavy (non-hydrogen) atoms. The number of nitrogens with one attached hydrogen (secondary N) is 1. The van der Waals surface area contributed by atoms with Crippen LogP contribution in [0.15, 0.2) is 0 Å². The third kappa shape index (κ3) is 2.40. The SMILES string of the molecule is CC(C)C1CC(C#N)(NC2CCCCC2)C1. The van der Waals surface area contributed by atoms with Gasteiger partial charge >= 0.3 is 0 Å². The van der Waals surface area contributed by atoms with Crippen molar-refractivity contribution in [2.75, 3.05) is 0 Å². The smallest absolute Gasteiger partial charge is 0.107 e. The molecule has 0 amide bonds. The third-order valence-electron chi connectivity index (χ3n) is 4.46. The van der Waals surface area contributed by atoms with E-state index >= 15 is 0 Å². The summed E-state index contributed by atoms with van der Waals surface area (Å²) in [7, 11) is 0. The van der Waals surface area contributed by atoms with Gasteiger partial charge in [-0.2, -0.15) is 5.26 Å². The molecule has 1 N–H and O–H groups in total. The summed E-state index contributed by atoms with van der Waals surface area (Å²) >= 11 is 0. The summed E-state index contributed by atoms with van der Waals surface area (Å²) in [6, 6.07) is 3.15. The van der Waals surface area contributed by atoms with Gasteiger partial charge in [-0.05, 0) is 37.5 Å². The standard InChI is InChI=1S/C14H24N2/c1-11(2)12-8-14(9-12,10-15)16-13-6-4-3-5-7-13/h11-13,16H,3-9H2,1-2H3. The largest absolute Gasteiger partial charge is 0.297 e. The molecule has 0 atom stereocenters. The second kappa shape index (κ2) is 4.75. The van der Waals surface area contributed by atoms with Gasteiger partial charge < -0.3 is 0 Å². The van der Waals surface area contributed by atoms with Crippen LogP contribution in [0.4, 0.5) is 0 Å². The highest BCUT2D eigenvalue weighted by Crippen LogP contribution is 2.42. The fraction of sp³-hybridized carbons (Fsp3) is 0.929. The molecule has 2 heteroatoms. The molecule has 2 nitrogen and oxygen atoms in total. The van der Waals surface area contributed by atoms with Crippen molar-refractivity contribution in [3.8, 4) is 6.07 Å². The van der Waals surface area contributed by atoms with Crippen LogP contribution in [0.2, 0.25) is 0 Å². The zero-order valence-corrected chi connectivity index (χ0v) is 10.6. The third-order valence-corrected chi connectivity index (χ3v) is 4.46.